The van der Waals surface area contributed by atoms with Gasteiger partial charge in [0.05, 0.1) is 0 Å². The number of rotatable bonds is 0. The van der Waals surface area contributed by atoms with Crippen molar-refractivity contribution < 1.29 is 4.79 Å². The van der Waals surface area contributed by atoms with E-state index in [1.807, 2.05) is 25.1 Å². The van der Waals surface area contributed by atoms with Crippen molar-refractivity contribution in [2.75, 3.05) is 0 Å². The van der Waals surface area contributed by atoms with Crippen LogP contribution in [0.15, 0.2) is 24.8 Å². The molecule has 12 heavy (non-hydrogen) atoms. The molecule has 1 aliphatic rings. The summed E-state index contributed by atoms with van der Waals surface area (Å²) >= 11 is 0. The summed E-state index contributed by atoms with van der Waals surface area (Å²) < 4.78 is 0. The number of amides is 1. The van der Waals surface area contributed by atoms with Crippen LogP contribution in [-0.2, 0) is 0 Å². The third-order valence-corrected chi connectivity index (χ3v) is 2.01. The summed E-state index contributed by atoms with van der Waals surface area (Å²) in [4.78, 5) is 11.2. The van der Waals surface area contributed by atoms with Crippen LogP contribution in [0.3, 0.4) is 0 Å². The van der Waals surface area contributed by atoms with E-state index in [-0.39, 0.29) is 5.91 Å². The van der Waals surface area contributed by atoms with Gasteiger partial charge in [-0.3, -0.25) is 4.79 Å². The van der Waals surface area contributed by atoms with Gasteiger partial charge in [0.2, 0.25) is 0 Å². The Balaban J connectivity index is 2.68. The molecule has 1 aromatic carbocycles. The summed E-state index contributed by atoms with van der Waals surface area (Å²) in [5.41, 5.74) is 3.51. The summed E-state index contributed by atoms with van der Waals surface area (Å²) in [6, 6.07) is 5.73. The van der Waals surface area contributed by atoms with Crippen molar-refractivity contribution in [3.8, 4) is 0 Å². The molecule has 2 heteroatoms. The van der Waals surface area contributed by atoms with Crippen molar-refractivity contribution >= 4 is 11.6 Å². The molecule has 60 valence electrons. The summed E-state index contributed by atoms with van der Waals surface area (Å²) in [7, 11) is 0. The highest BCUT2D eigenvalue weighted by atomic mass is 16.1. The number of carbonyl (C=O) groups excluding carboxylic acids is 1. The van der Waals surface area contributed by atoms with Crippen LogP contribution in [0.2, 0.25) is 0 Å². The van der Waals surface area contributed by atoms with E-state index in [9.17, 15) is 4.79 Å². The van der Waals surface area contributed by atoms with Crippen LogP contribution in [-0.4, -0.2) is 5.91 Å². The molecule has 1 aliphatic heterocycles. The molecule has 0 radical (unpaired) electrons. The second-order valence-corrected chi connectivity index (χ2v) is 2.98. The fourth-order valence-corrected chi connectivity index (χ4v) is 1.38. The molecular weight excluding hydrogens is 150 g/mol. The molecule has 0 spiro atoms. The molecule has 2 rings (SSSR count). The Hall–Kier alpha value is -1.57. The minimum atomic E-state index is -0.0463. The van der Waals surface area contributed by atoms with Crippen LogP contribution in [0.4, 0.5) is 0 Å². The van der Waals surface area contributed by atoms with Gasteiger partial charge in [0.25, 0.3) is 5.91 Å². The Bertz CT molecular complexity index is 379. The molecule has 1 N–H and O–H groups in total. The zero-order valence-corrected chi connectivity index (χ0v) is 6.85. The Morgan fingerprint density at radius 1 is 1.33 bits per heavy atom. The lowest BCUT2D eigenvalue weighted by Crippen LogP contribution is -2.11. The van der Waals surface area contributed by atoms with Gasteiger partial charge in [-0.1, -0.05) is 18.2 Å². The van der Waals surface area contributed by atoms with Gasteiger partial charge >= 0.3 is 0 Å². The number of hydrogen-bond donors (Lipinski definition) is 1. The van der Waals surface area contributed by atoms with E-state index in [0.717, 1.165) is 16.7 Å². The highest BCUT2D eigenvalue weighted by molar-refractivity contribution is 6.08. The highest BCUT2D eigenvalue weighted by Crippen LogP contribution is 2.23. The van der Waals surface area contributed by atoms with Gasteiger partial charge in [-0.15, -0.1) is 0 Å². The van der Waals surface area contributed by atoms with E-state index in [2.05, 4.69) is 11.9 Å². The van der Waals surface area contributed by atoms with Crippen LogP contribution in [0.25, 0.3) is 5.70 Å². The number of carbonyl (C=O) groups is 1. The predicted molar refractivity (Wildman–Crippen MR) is 47.7 cm³/mol. The first kappa shape index (κ1) is 7.10. The minimum Gasteiger partial charge on any atom is -0.322 e. The molecule has 1 heterocycles. The van der Waals surface area contributed by atoms with Crippen LogP contribution < -0.4 is 5.32 Å². The first-order chi connectivity index (χ1) is 5.68. The van der Waals surface area contributed by atoms with E-state index in [4.69, 9.17) is 0 Å². The van der Waals surface area contributed by atoms with Crippen LogP contribution in [0, 0.1) is 6.92 Å². The smallest absolute Gasteiger partial charge is 0.256 e. The van der Waals surface area contributed by atoms with Crippen LogP contribution in [0.5, 0.6) is 0 Å². The Morgan fingerprint density at radius 2 is 2.08 bits per heavy atom. The molecule has 0 bridgehead atoms. The number of hydrogen-bond acceptors (Lipinski definition) is 1. The standard InChI is InChI=1S/C10H9NO/c1-6-3-4-8-9(5-6)7(2)11-10(8)12/h3-5H,2H2,1H3,(H,11,12). The number of fused-ring (bicyclic) bond motifs is 1. The molecule has 0 saturated heterocycles. The average molecular weight is 159 g/mol. The van der Waals surface area contributed by atoms with Gasteiger partial charge in [-0.2, -0.15) is 0 Å². The largest absolute Gasteiger partial charge is 0.322 e. The SMILES string of the molecule is C=C1NC(=O)c2ccc(C)cc21. The molecule has 1 amide bonds. The van der Waals surface area contributed by atoms with Crippen molar-refractivity contribution in [2.45, 2.75) is 6.92 Å². The average Bonchev–Trinajstić information content (AvgIpc) is 2.28. The molecule has 0 aliphatic carbocycles. The normalized spacial score (nSPS) is 14.4. The van der Waals surface area contributed by atoms with Crippen molar-refractivity contribution in [1.29, 1.82) is 0 Å². The van der Waals surface area contributed by atoms with Gasteiger partial charge in [0.15, 0.2) is 0 Å². The second-order valence-electron chi connectivity index (χ2n) is 2.98. The third kappa shape index (κ3) is 0.848. The number of aryl methyl sites for hydroxylation is 1. The van der Waals surface area contributed by atoms with Crippen molar-refractivity contribution in [3.05, 3.63) is 41.5 Å². The van der Waals surface area contributed by atoms with E-state index in [1.165, 1.54) is 0 Å². The van der Waals surface area contributed by atoms with Crippen LogP contribution >= 0.6 is 0 Å². The quantitative estimate of drug-likeness (QED) is 0.613. The molecule has 0 saturated carbocycles. The number of nitrogens with one attached hydrogen (secondary N) is 1. The fraction of sp³-hybridized carbons (Fsp3) is 0.100. The van der Waals surface area contributed by atoms with Crippen LogP contribution in [0.1, 0.15) is 21.5 Å². The fourth-order valence-electron chi connectivity index (χ4n) is 1.38. The topological polar surface area (TPSA) is 29.1 Å². The van der Waals surface area contributed by atoms with Gasteiger partial charge in [-0.05, 0) is 19.1 Å². The summed E-state index contributed by atoms with van der Waals surface area (Å²) in [5, 5.41) is 2.68. The lowest BCUT2D eigenvalue weighted by molar-refractivity contribution is 0.0981. The lowest BCUT2D eigenvalue weighted by atomic mass is 10.1. The molecular formula is C10H9NO. The van der Waals surface area contributed by atoms with E-state index in [0.29, 0.717) is 5.70 Å². The maximum absolute atomic E-state index is 11.2. The zero-order chi connectivity index (χ0) is 8.72. The molecule has 1 aromatic rings. The summed E-state index contributed by atoms with van der Waals surface area (Å²) in [5.74, 6) is -0.0463. The van der Waals surface area contributed by atoms with Crippen molar-refractivity contribution in [3.63, 3.8) is 0 Å². The predicted octanol–water partition coefficient (Wildman–Crippen LogP) is 1.71. The minimum absolute atomic E-state index is 0.0463. The Morgan fingerprint density at radius 3 is 2.83 bits per heavy atom. The van der Waals surface area contributed by atoms with Crippen molar-refractivity contribution in [1.82, 2.24) is 5.32 Å². The van der Waals surface area contributed by atoms with Gasteiger partial charge in [0.1, 0.15) is 0 Å². The van der Waals surface area contributed by atoms with E-state index < -0.39 is 0 Å². The van der Waals surface area contributed by atoms with Gasteiger partial charge in [0, 0.05) is 16.8 Å². The summed E-state index contributed by atoms with van der Waals surface area (Å²) in [6.45, 7) is 5.75. The van der Waals surface area contributed by atoms with Crippen molar-refractivity contribution in [2.24, 2.45) is 0 Å². The zero-order valence-electron chi connectivity index (χ0n) is 6.85. The van der Waals surface area contributed by atoms with E-state index >= 15 is 0 Å². The number of benzene rings is 1. The second kappa shape index (κ2) is 2.21. The van der Waals surface area contributed by atoms with Gasteiger partial charge < -0.3 is 5.32 Å². The first-order valence-electron chi connectivity index (χ1n) is 3.80. The Labute approximate surface area is 70.9 Å². The lowest BCUT2D eigenvalue weighted by Gasteiger charge is -1.97. The first-order valence-corrected chi connectivity index (χ1v) is 3.80. The maximum atomic E-state index is 11.2. The molecule has 0 atom stereocenters. The molecule has 2 nitrogen and oxygen atoms in total. The monoisotopic (exact) mass is 159 g/mol. The maximum Gasteiger partial charge on any atom is 0.256 e. The Kier molecular flexibility index (Phi) is 1.30. The van der Waals surface area contributed by atoms with Gasteiger partial charge in [-0.25, -0.2) is 0 Å². The summed E-state index contributed by atoms with van der Waals surface area (Å²) in [6.07, 6.45) is 0. The highest BCUT2D eigenvalue weighted by Gasteiger charge is 2.21. The molecule has 0 fully saturated rings. The third-order valence-electron chi connectivity index (χ3n) is 2.01. The molecule has 0 unspecified atom stereocenters. The molecule has 0 aromatic heterocycles. The van der Waals surface area contributed by atoms with E-state index in [1.54, 1.807) is 0 Å².